The van der Waals surface area contributed by atoms with Crippen molar-refractivity contribution in [2.24, 2.45) is 5.73 Å². The number of nitrogens with two attached hydrogens (primary N) is 1. The minimum atomic E-state index is -0.871. The molecule has 0 unspecified atom stereocenters. The highest BCUT2D eigenvalue weighted by Crippen LogP contribution is 2.33. The summed E-state index contributed by atoms with van der Waals surface area (Å²) < 4.78 is 24.2. The van der Waals surface area contributed by atoms with Crippen molar-refractivity contribution in [3.05, 3.63) is 46.6 Å². The van der Waals surface area contributed by atoms with Gasteiger partial charge in [-0.25, -0.2) is 4.98 Å². The van der Waals surface area contributed by atoms with Crippen LogP contribution in [0.25, 0.3) is 6.08 Å². The maximum atomic E-state index is 13.7. The van der Waals surface area contributed by atoms with Gasteiger partial charge in [-0.2, -0.15) is 14.6 Å². The lowest BCUT2D eigenvalue weighted by atomic mass is 10.1. The second kappa shape index (κ2) is 7.39. The van der Waals surface area contributed by atoms with Crippen molar-refractivity contribution in [1.29, 1.82) is 5.26 Å². The van der Waals surface area contributed by atoms with Crippen molar-refractivity contribution in [1.82, 2.24) is 9.97 Å². The lowest BCUT2D eigenvalue weighted by molar-refractivity contribution is -0.114. The molecule has 9 heteroatoms. The van der Waals surface area contributed by atoms with E-state index in [9.17, 15) is 9.18 Å². The Morgan fingerprint density at radius 2 is 2.21 bits per heavy atom. The van der Waals surface area contributed by atoms with Gasteiger partial charge in [-0.05, 0) is 35.4 Å². The number of carbonyl (C=O) groups is 1. The van der Waals surface area contributed by atoms with Gasteiger partial charge < -0.3 is 15.2 Å². The number of hydrogen-bond donors (Lipinski definition) is 1. The third-order valence-electron chi connectivity index (χ3n) is 2.77. The van der Waals surface area contributed by atoms with Crippen LogP contribution in [0.4, 0.5) is 4.39 Å². The zero-order chi connectivity index (χ0) is 17.7. The molecule has 0 bridgehead atoms. The third-order valence-corrected chi connectivity index (χ3v) is 2.96. The Balaban J connectivity index is 2.45. The Bertz CT molecular complexity index is 864. The summed E-state index contributed by atoms with van der Waals surface area (Å²) in [5.74, 6) is -1.72. The number of benzene rings is 1. The monoisotopic (exact) mass is 348 g/mol. The highest BCUT2D eigenvalue weighted by molar-refractivity contribution is 6.28. The number of primary amides is 1. The highest BCUT2D eigenvalue weighted by Gasteiger charge is 2.13. The summed E-state index contributed by atoms with van der Waals surface area (Å²) in [6.07, 6.45) is 2.12. The van der Waals surface area contributed by atoms with Crippen LogP contribution in [0.1, 0.15) is 5.56 Å². The van der Waals surface area contributed by atoms with Crippen molar-refractivity contribution >= 4 is 23.6 Å². The smallest absolute Gasteiger partial charge is 0.260 e. The molecule has 2 rings (SSSR count). The van der Waals surface area contributed by atoms with Gasteiger partial charge in [0.15, 0.2) is 11.5 Å². The van der Waals surface area contributed by atoms with Gasteiger partial charge in [-0.1, -0.05) is 6.07 Å². The second-order valence-electron chi connectivity index (χ2n) is 4.34. The number of methoxy groups -OCH3 is 1. The van der Waals surface area contributed by atoms with E-state index in [1.807, 2.05) is 0 Å². The number of hydrogen-bond acceptors (Lipinski definition) is 6. The molecule has 0 saturated carbocycles. The quantitative estimate of drug-likeness (QED) is 0.504. The van der Waals surface area contributed by atoms with Gasteiger partial charge in [-0.3, -0.25) is 4.79 Å². The molecule has 0 fully saturated rings. The summed E-state index contributed by atoms with van der Waals surface area (Å²) >= 11 is 5.61. The average Bonchev–Trinajstić information content (AvgIpc) is 2.56. The van der Waals surface area contributed by atoms with Crippen LogP contribution in [-0.4, -0.2) is 23.0 Å². The van der Waals surface area contributed by atoms with Crippen molar-refractivity contribution < 1.29 is 18.7 Å². The predicted molar refractivity (Wildman–Crippen MR) is 82.9 cm³/mol. The van der Waals surface area contributed by atoms with Crippen molar-refractivity contribution in [3.63, 3.8) is 0 Å². The molecular formula is C15H10ClFN4O3. The van der Waals surface area contributed by atoms with Gasteiger partial charge in [0.1, 0.15) is 11.6 Å². The van der Waals surface area contributed by atoms with Crippen LogP contribution in [0, 0.1) is 17.1 Å². The lowest BCUT2D eigenvalue weighted by Gasteiger charge is -2.11. The molecule has 24 heavy (non-hydrogen) atoms. The van der Waals surface area contributed by atoms with Gasteiger partial charge in [0, 0.05) is 0 Å². The number of aromatic nitrogens is 2. The van der Waals surface area contributed by atoms with E-state index < -0.39 is 17.6 Å². The Morgan fingerprint density at radius 3 is 2.83 bits per heavy atom. The first kappa shape index (κ1) is 17.2. The Labute approximate surface area is 141 Å². The third kappa shape index (κ3) is 3.97. The van der Waals surface area contributed by atoms with Crippen LogP contribution in [0.2, 0.25) is 5.28 Å². The fourth-order valence-corrected chi connectivity index (χ4v) is 1.82. The average molecular weight is 349 g/mol. The fraction of sp³-hybridized carbons (Fsp3) is 0.0667. The molecular weight excluding hydrogens is 339 g/mol. The minimum absolute atomic E-state index is 0.0988. The molecule has 0 radical (unpaired) electrons. The number of rotatable bonds is 5. The van der Waals surface area contributed by atoms with E-state index in [-0.39, 0.29) is 22.4 Å². The summed E-state index contributed by atoms with van der Waals surface area (Å²) in [6, 6.07) is 6.18. The summed E-state index contributed by atoms with van der Waals surface area (Å²) in [6.45, 7) is 0. The summed E-state index contributed by atoms with van der Waals surface area (Å²) in [5, 5.41) is 8.68. The Kier molecular flexibility index (Phi) is 5.29. The van der Waals surface area contributed by atoms with Gasteiger partial charge in [-0.15, -0.1) is 0 Å². The van der Waals surface area contributed by atoms with Gasteiger partial charge in [0.2, 0.25) is 11.1 Å². The number of nitrogens with zero attached hydrogens (tertiary/aromatic N) is 3. The first-order chi connectivity index (χ1) is 11.4. The minimum Gasteiger partial charge on any atom is -0.493 e. The standard InChI is InChI=1S/C15H10ClFN4O3/c1-23-11-3-2-8(4-9(6-18)13(19)22)5-12(11)24-14-10(17)7-20-15(16)21-14/h2-5,7H,1H3,(H2,19,22)/b9-4+. The predicted octanol–water partition coefficient (Wildman–Crippen LogP) is 2.46. The van der Waals surface area contributed by atoms with Crippen LogP contribution in [-0.2, 0) is 4.79 Å². The molecule has 2 aromatic rings. The highest BCUT2D eigenvalue weighted by atomic mass is 35.5. The second-order valence-corrected chi connectivity index (χ2v) is 4.68. The molecule has 7 nitrogen and oxygen atoms in total. The zero-order valence-electron chi connectivity index (χ0n) is 12.3. The fourth-order valence-electron chi connectivity index (χ4n) is 1.69. The molecule has 0 aliphatic rings. The van der Waals surface area contributed by atoms with E-state index in [2.05, 4.69) is 9.97 Å². The van der Waals surface area contributed by atoms with Crippen molar-refractivity contribution in [2.75, 3.05) is 7.11 Å². The first-order valence-electron chi connectivity index (χ1n) is 6.40. The molecule has 122 valence electrons. The SMILES string of the molecule is COc1ccc(/C=C(\C#N)C(N)=O)cc1Oc1nc(Cl)ncc1F. The summed E-state index contributed by atoms with van der Waals surface area (Å²) in [7, 11) is 1.39. The van der Waals surface area contributed by atoms with E-state index in [0.717, 1.165) is 6.20 Å². The zero-order valence-corrected chi connectivity index (χ0v) is 13.0. The van der Waals surface area contributed by atoms with Gasteiger partial charge >= 0.3 is 0 Å². The number of amides is 1. The molecule has 1 aromatic carbocycles. The van der Waals surface area contributed by atoms with Crippen molar-refractivity contribution in [2.45, 2.75) is 0 Å². The van der Waals surface area contributed by atoms with Crippen LogP contribution < -0.4 is 15.2 Å². The number of nitriles is 1. The van der Waals surface area contributed by atoms with Crippen LogP contribution >= 0.6 is 11.6 Å². The summed E-state index contributed by atoms with van der Waals surface area (Å²) in [4.78, 5) is 18.2. The number of carbonyl (C=O) groups excluding carboxylic acids is 1. The topological polar surface area (TPSA) is 111 Å². The largest absolute Gasteiger partial charge is 0.493 e. The molecule has 0 saturated heterocycles. The number of halogens is 2. The maximum absolute atomic E-state index is 13.7. The number of ether oxygens (including phenoxy) is 2. The lowest BCUT2D eigenvalue weighted by Crippen LogP contribution is -2.12. The van der Waals surface area contributed by atoms with E-state index in [4.69, 9.17) is 32.1 Å². The molecule has 2 N–H and O–H groups in total. The van der Waals surface area contributed by atoms with E-state index >= 15 is 0 Å². The van der Waals surface area contributed by atoms with Gasteiger partial charge in [0.25, 0.3) is 11.8 Å². The van der Waals surface area contributed by atoms with Crippen LogP contribution in [0.5, 0.6) is 17.4 Å². The molecule has 0 aliphatic heterocycles. The summed E-state index contributed by atoms with van der Waals surface area (Å²) in [5.41, 5.74) is 5.25. The first-order valence-corrected chi connectivity index (χ1v) is 6.78. The van der Waals surface area contributed by atoms with Crippen LogP contribution in [0.15, 0.2) is 30.0 Å². The Hall–Kier alpha value is -3.18. The van der Waals surface area contributed by atoms with E-state index in [1.165, 1.54) is 25.3 Å². The van der Waals surface area contributed by atoms with Crippen LogP contribution in [0.3, 0.4) is 0 Å². The molecule has 0 spiro atoms. The normalized spacial score (nSPS) is 10.8. The molecule has 1 aromatic heterocycles. The Morgan fingerprint density at radius 1 is 1.46 bits per heavy atom. The molecule has 1 amide bonds. The molecule has 0 atom stereocenters. The van der Waals surface area contributed by atoms with Gasteiger partial charge in [0.05, 0.1) is 13.3 Å². The van der Waals surface area contributed by atoms with E-state index in [1.54, 1.807) is 12.1 Å². The maximum Gasteiger partial charge on any atom is 0.260 e. The van der Waals surface area contributed by atoms with Crippen molar-refractivity contribution in [3.8, 4) is 23.4 Å². The van der Waals surface area contributed by atoms with E-state index in [0.29, 0.717) is 5.56 Å². The molecule has 1 heterocycles. The molecule has 0 aliphatic carbocycles.